The van der Waals surface area contributed by atoms with E-state index in [0.29, 0.717) is 17.1 Å². The molecule has 3 rings (SSSR count). The summed E-state index contributed by atoms with van der Waals surface area (Å²) >= 11 is 7.67. The van der Waals surface area contributed by atoms with E-state index in [4.69, 9.17) is 11.6 Å². The van der Waals surface area contributed by atoms with E-state index in [2.05, 4.69) is 22.1 Å². The molecule has 0 aliphatic rings. The average molecular weight is 400 g/mol. The van der Waals surface area contributed by atoms with Crippen molar-refractivity contribution in [3.8, 4) is 0 Å². The van der Waals surface area contributed by atoms with Crippen LogP contribution in [0.2, 0.25) is 5.02 Å². The second-order valence-corrected chi connectivity index (χ2v) is 8.12. The first-order valence-electron chi connectivity index (χ1n) is 8.69. The molecule has 1 N–H and O–H groups in total. The number of hydrogen-bond acceptors (Lipinski definition) is 4. The molecule has 6 heteroatoms. The van der Waals surface area contributed by atoms with Crippen LogP contribution in [0.4, 0.5) is 5.13 Å². The van der Waals surface area contributed by atoms with Crippen LogP contribution in [0.1, 0.15) is 32.1 Å². The van der Waals surface area contributed by atoms with Crippen molar-refractivity contribution in [2.45, 2.75) is 26.9 Å². The van der Waals surface area contributed by atoms with E-state index in [1.165, 1.54) is 4.88 Å². The number of anilines is 1. The van der Waals surface area contributed by atoms with Crippen molar-refractivity contribution >= 4 is 34.0 Å². The summed E-state index contributed by atoms with van der Waals surface area (Å²) in [6.45, 7) is 5.31. The molecule has 0 saturated carbocycles. The van der Waals surface area contributed by atoms with E-state index in [-0.39, 0.29) is 5.91 Å². The molecule has 1 heterocycles. The second-order valence-electron chi connectivity index (χ2n) is 6.50. The molecule has 4 nitrogen and oxygen atoms in total. The number of benzene rings is 2. The van der Waals surface area contributed by atoms with Gasteiger partial charge in [0.15, 0.2) is 5.13 Å². The maximum Gasteiger partial charge on any atom is 0.251 e. The normalized spacial score (nSPS) is 10.7. The molecule has 0 radical (unpaired) electrons. The minimum atomic E-state index is -0.0962. The molecule has 0 aliphatic heterocycles. The Morgan fingerprint density at radius 3 is 2.52 bits per heavy atom. The summed E-state index contributed by atoms with van der Waals surface area (Å²) in [5.41, 5.74) is 3.83. The highest BCUT2D eigenvalue weighted by Gasteiger charge is 2.10. The molecule has 0 aliphatic carbocycles. The molecule has 0 atom stereocenters. The summed E-state index contributed by atoms with van der Waals surface area (Å²) in [6.07, 6.45) is 0. The third-order valence-electron chi connectivity index (χ3n) is 4.32. The summed E-state index contributed by atoms with van der Waals surface area (Å²) in [5, 5.41) is 4.60. The lowest BCUT2D eigenvalue weighted by molar-refractivity contribution is 0.0951. The highest BCUT2D eigenvalue weighted by atomic mass is 35.5. The Bertz CT molecular complexity index is 917. The van der Waals surface area contributed by atoms with Gasteiger partial charge in [-0.2, -0.15) is 0 Å². The van der Waals surface area contributed by atoms with Crippen molar-refractivity contribution < 1.29 is 4.79 Å². The SMILES string of the molecule is Cc1nc(N(C)Cc2ccc(C(=O)NCc3cccc(Cl)c3)cc2)sc1C. The van der Waals surface area contributed by atoms with Gasteiger partial charge in [-0.3, -0.25) is 4.79 Å². The van der Waals surface area contributed by atoms with Gasteiger partial charge in [-0.25, -0.2) is 4.98 Å². The third kappa shape index (κ3) is 5.08. The van der Waals surface area contributed by atoms with Gasteiger partial charge in [-0.1, -0.05) is 35.9 Å². The van der Waals surface area contributed by atoms with Crippen LogP contribution in [-0.4, -0.2) is 17.9 Å². The molecule has 0 unspecified atom stereocenters. The fourth-order valence-electron chi connectivity index (χ4n) is 2.65. The van der Waals surface area contributed by atoms with Gasteiger partial charge in [-0.05, 0) is 49.2 Å². The molecule has 2 aromatic carbocycles. The Hall–Kier alpha value is -2.37. The molecule has 27 heavy (non-hydrogen) atoms. The summed E-state index contributed by atoms with van der Waals surface area (Å²) in [6, 6.07) is 15.2. The number of aryl methyl sites for hydroxylation is 2. The van der Waals surface area contributed by atoms with E-state index in [9.17, 15) is 4.79 Å². The number of halogens is 1. The number of nitrogens with one attached hydrogen (secondary N) is 1. The molecule has 0 spiro atoms. The topological polar surface area (TPSA) is 45.2 Å². The van der Waals surface area contributed by atoms with Crippen molar-refractivity contribution in [1.29, 1.82) is 0 Å². The molecule has 1 amide bonds. The highest BCUT2D eigenvalue weighted by molar-refractivity contribution is 7.15. The van der Waals surface area contributed by atoms with E-state index in [1.54, 1.807) is 11.3 Å². The number of nitrogens with zero attached hydrogens (tertiary/aromatic N) is 2. The second kappa shape index (κ2) is 8.55. The van der Waals surface area contributed by atoms with Gasteiger partial charge in [0.05, 0.1) is 5.69 Å². The monoisotopic (exact) mass is 399 g/mol. The molecule has 0 saturated heterocycles. The minimum absolute atomic E-state index is 0.0962. The summed E-state index contributed by atoms with van der Waals surface area (Å²) in [4.78, 5) is 20.3. The molecular weight excluding hydrogens is 378 g/mol. The van der Waals surface area contributed by atoms with E-state index in [0.717, 1.165) is 28.5 Å². The zero-order valence-corrected chi connectivity index (χ0v) is 17.2. The lowest BCUT2D eigenvalue weighted by Gasteiger charge is -2.16. The van der Waals surface area contributed by atoms with E-state index < -0.39 is 0 Å². The van der Waals surface area contributed by atoms with Crippen LogP contribution in [0.3, 0.4) is 0 Å². The third-order valence-corrected chi connectivity index (χ3v) is 5.74. The summed E-state index contributed by atoms with van der Waals surface area (Å²) in [5.74, 6) is -0.0962. The Morgan fingerprint density at radius 2 is 1.89 bits per heavy atom. The fourth-order valence-corrected chi connectivity index (χ4v) is 3.74. The van der Waals surface area contributed by atoms with Crippen molar-refractivity contribution in [1.82, 2.24) is 10.3 Å². The smallest absolute Gasteiger partial charge is 0.251 e. The van der Waals surface area contributed by atoms with Crippen LogP contribution in [0.25, 0.3) is 0 Å². The minimum Gasteiger partial charge on any atom is -0.348 e. The number of carbonyl (C=O) groups excluding carboxylic acids is 1. The maximum absolute atomic E-state index is 12.3. The van der Waals surface area contributed by atoms with Crippen LogP contribution in [0.15, 0.2) is 48.5 Å². The predicted molar refractivity (Wildman–Crippen MR) is 113 cm³/mol. The average Bonchev–Trinajstić information content (AvgIpc) is 2.99. The van der Waals surface area contributed by atoms with E-state index >= 15 is 0 Å². The standard InChI is InChI=1S/C21H22ClN3OS/c1-14-15(2)27-21(24-14)25(3)13-16-7-9-18(10-8-16)20(26)23-12-17-5-4-6-19(22)11-17/h4-11H,12-13H2,1-3H3,(H,23,26). The van der Waals surface area contributed by atoms with Gasteiger partial charge in [0.1, 0.15) is 0 Å². The molecule has 0 bridgehead atoms. The molecular formula is C21H22ClN3OS. The van der Waals surface area contributed by atoms with Gasteiger partial charge in [-0.15, -0.1) is 11.3 Å². The quantitative estimate of drug-likeness (QED) is 0.635. The highest BCUT2D eigenvalue weighted by Crippen LogP contribution is 2.25. The number of amides is 1. The lowest BCUT2D eigenvalue weighted by Crippen LogP contribution is -2.23. The van der Waals surface area contributed by atoms with Gasteiger partial charge < -0.3 is 10.2 Å². The zero-order valence-electron chi connectivity index (χ0n) is 15.6. The van der Waals surface area contributed by atoms with E-state index in [1.807, 2.05) is 62.5 Å². The zero-order chi connectivity index (χ0) is 19.4. The van der Waals surface area contributed by atoms with Crippen molar-refractivity contribution in [3.05, 3.63) is 80.8 Å². The molecule has 0 fully saturated rings. The first kappa shape index (κ1) is 19.4. The van der Waals surface area contributed by atoms with Crippen LogP contribution in [0, 0.1) is 13.8 Å². The van der Waals surface area contributed by atoms with Gasteiger partial charge in [0.2, 0.25) is 0 Å². The largest absolute Gasteiger partial charge is 0.348 e. The maximum atomic E-state index is 12.3. The van der Waals surface area contributed by atoms with Crippen LogP contribution >= 0.6 is 22.9 Å². The Labute approximate surface area is 168 Å². The lowest BCUT2D eigenvalue weighted by atomic mass is 10.1. The number of rotatable bonds is 6. The first-order valence-corrected chi connectivity index (χ1v) is 9.88. The number of aromatic nitrogens is 1. The number of carbonyl (C=O) groups is 1. The first-order chi connectivity index (χ1) is 12.9. The molecule has 1 aromatic heterocycles. The molecule has 3 aromatic rings. The summed E-state index contributed by atoms with van der Waals surface area (Å²) in [7, 11) is 2.03. The van der Waals surface area contributed by atoms with Crippen molar-refractivity contribution in [2.75, 3.05) is 11.9 Å². The Morgan fingerprint density at radius 1 is 1.15 bits per heavy atom. The van der Waals surface area contributed by atoms with Crippen LogP contribution < -0.4 is 10.2 Å². The van der Waals surface area contributed by atoms with Crippen LogP contribution in [-0.2, 0) is 13.1 Å². The van der Waals surface area contributed by atoms with Gasteiger partial charge in [0.25, 0.3) is 5.91 Å². The van der Waals surface area contributed by atoms with Gasteiger partial charge in [0, 0.05) is 35.6 Å². The Balaban J connectivity index is 1.58. The Kier molecular flexibility index (Phi) is 6.14. The molecule has 140 valence electrons. The van der Waals surface area contributed by atoms with Crippen molar-refractivity contribution in [2.24, 2.45) is 0 Å². The fraction of sp³-hybridized carbons (Fsp3) is 0.238. The predicted octanol–water partition coefficient (Wildman–Crippen LogP) is 4.98. The summed E-state index contributed by atoms with van der Waals surface area (Å²) < 4.78 is 0. The van der Waals surface area contributed by atoms with Crippen LogP contribution in [0.5, 0.6) is 0 Å². The number of thiazole rings is 1. The van der Waals surface area contributed by atoms with Crippen molar-refractivity contribution in [3.63, 3.8) is 0 Å². The number of hydrogen-bond donors (Lipinski definition) is 1. The van der Waals surface area contributed by atoms with Gasteiger partial charge >= 0.3 is 0 Å².